The predicted octanol–water partition coefficient (Wildman–Crippen LogP) is 2.87. The third kappa shape index (κ3) is 3.71. The molecular formula is C19H29N3O2S. The van der Waals surface area contributed by atoms with Gasteiger partial charge in [-0.25, -0.2) is 8.42 Å². The van der Waals surface area contributed by atoms with Gasteiger partial charge in [0, 0.05) is 24.3 Å². The van der Waals surface area contributed by atoms with Crippen LogP contribution in [0.4, 0.5) is 5.69 Å². The number of benzene rings is 1. The number of sulfonamides is 1. The second-order valence-corrected chi connectivity index (χ2v) is 9.68. The van der Waals surface area contributed by atoms with Crippen LogP contribution in [0.2, 0.25) is 0 Å². The van der Waals surface area contributed by atoms with E-state index in [1.807, 2.05) is 12.1 Å². The van der Waals surface area contributed by atoms with E-state index in [1.165, 1.54) is 44.2 Å². The molecule has 0 saturated carbocycles. The Morgan fingerprint density at radius 1 is 1.00 bits per heavy atom. The summed E-state index contributed by atoms with van der Waals surface area (Å²) in [5, 5.41) is 2.85. The molecule has 25 heavy (non-hydrogen) atoms. The molecule has 3 atom stereocenters. The van der Waals surface area contributed by atoms with E-state index >= 15 is 0 Å². The number of nitrogens with one attached hydrogen (secondary N) is 2. The average Bonchev–Trinajstić information content (AvgIpc) is 3.07. The van der Waals surface area contributed by atoms with Crippen LogP contribution in [-0.4, -0.2) is 44.2 Å². The molecule has 138 valence electrons. The number of piperidine rings is 2. The number of fused-ring (bicyclic) bond motifs is 1. The molecule has 0 spiro atoms. The molecule has 3 aliphatic heterocycles. The van der Waals surface area contributed by atoms with E-state index in [4.69, 9.17) is 0 Å². The molecule has 0 aliphatic carbocycles. The summed E-state index contributed by atoms with van der Waals surface area (Å²) in [6, 6.07) is 9.35. The summed E-state index contributed by atoms with van der Waals surface area (Å²) >= 11 is 0. The summed E-state index contributed by atoms with van der Waals surface area (Å²) in [5.41, 5.74) is 2.01. The summed E-state index contributed by atoms with van der Waals surface area (Å²) in [5.74, 6) is 0. The van der Waals surface area contributed by atoms with Crippen molar-refractivity contribution in [3.63, 3.8) is 0 Å². The van der Waals surface area contributed by atoms with Crippen LogP contribution < -0.4 is 10.0 Å². The van der Waals surface area contributed by atoms with Crippen molar-refractivity contribution < 1.29 is 8.42 Å². The zero-order chi connectivity index (χ0) is 17.3. The van der Waals surface area contributed by atoms with E-state index in [2.05, 4.69) is 27.1 Å². The highest BCUT2D eigenvalue weighted by Crippen LogP contribution is 2.40. The highest BCUT2D eigenvalue weighted by atomic mass is 32.2. The molecule has 0 radical (unpaired) electrons. The lowest BCUT2D eigenvalue weighted by atomic mass is 10.0. The Morgan fingerprint density at radius 3 is 2.60 bits per heavy atom. The fraction of sp³-hybridized carbons (Fsp3) is 0.684. The van der Waals surface area contributed by atoms with E-state index in [-0.39, 0.29) is 5.25 Å². The Bertz CT molecular complexity index is 683. The van der Waals surface area contributed by atoms with E-state index in [0.29, 0.717) is 18.3 Å². The predicted molar refractivity (Wildman–Crippen MR) is 101 cm³/mol. The fourth-order valence-corrected chi connectivity index (χ4v) is 6.17. The molecule has 3 heterocycles. The molecule has 6 heteroatoms. The maximum atomic E-state index is 12.5. The van der Waals surface area contributed by atoms with Crippen LogP contribution in [-0.2, 0) is 10.0 Å². The van der Waals surface area contributed by atoms with Gasteiger partial charge in [-0.3, -0.25) is 9.62 Å². The van der Waals surface area contributed by atoms with E-state index in [1.54, 1.807) is 0 Å². The van der Waals surface area contributed by atoms with Gasteiger partial charge in [0.15, 0.2) is 0 Å². The van der Waals surface area contributed by atoms with Gasteiger partial charge in [0.1, 0.15) is 0 Å². The first-order chi connectivity index (χ1) is 12.1. The first kappa shape index (κ1) is 17.3. The number of hydrogen-bond acceptors (Lipinski definition) is 4. The Hall–Kier alpha value is -1.11. The zero-order valence-corrected chi connectivity index (χ0v) is 15.6. The van der Waals surface area contributed by atoms with Gasteiger partial charge in [0.05, 0.1) is 5.25 Å². The smallest absolute Gasteiger partial charge is 0.236 e. The molecule has 5 nitrogen and oxygen atoms in total. The number of anilines is 1. The van der Waals surface area contributed by atoms with Gasteiger partial charge >= 0.3 is 0 Å². The van der Waals surface area contributed by atoms with Crippen molar-refractivity contribution in [3.8, 4) is 0 Å². The van der Waals surface area contributed by atoms with Crippen molar-refractivity contribution in [1.82, 2.24) is 10.2 Å². The molecule has 3 saturated heterocycles. The summed E-state index contributed by atoms with van der Waals surface area (Å²) in [4.78, 5) is 2.66. The van der Waals surface area contributed by atoms with Crippen LogP contribution in [0.25, 0.3) is 0 Å². The SMILES string of the molecule is O=S(=O)(Nc1ccc([C@@H]2CC[C@@H]3CCCCN32)cc1)C1CCCNC1. The molecule has 0 aromatic heterocycles. The second kappa shape index (κ2) is 7.25. The topological polar surface area (TPSA) is 61.4 Å². The lowest BCUT2D eigenvalue weighted by Crippen LogP contribution is -2.41. The van der Waals surface area contributed by atoms with Crippen molar-refractivity contribution in [2.75, 3.05) is 24.4 Å². The van der Waals surface area contributed by atoms with E-state index in [0.717, 1.165) is 25.4 Å². The first-order valence-electron chi connectivity index (χ1n) is 9.71. The van der Waals surface area contributed by atoms with Crippen molar-refractivity contribution in [1.29, 1.82) is 0 Å². The molecule has 0 bridgehead atoms. The van der Waals surface area contributed by atoms with E-state index < -0.39 is 10.0 Å². The molecule has 3 fully saturated rings. The van der Waals surface area contributed by atoms with Gasteiger partial charge in [-0.1, -0.05) is 18.6 Å². The molecule has 1 aromatic carbocycles. The molecular weight excluding hydrogens is 334 g/mol. The van der Waals surface area contributed by atoms with Gasteiger partial charge in [-0.2, -0.15) is 0 Å². The van der Waals surface area contributed by atoms with Crippen LogP contribution in [0.3, 0.4) is 0 Å². The van der Waals surface area contributed by atoms with Crippen LogP contribution in [0.5, 0.6) is 0 Å². The van der Waals surface area contributed by atoms with Gasteiger partial charge in [0.2, 0.25) is 10.0 Å². The van der Waals surface area contributed by atoms with Crippen molar-refractivity contribution in [2.24, 2.45) is 0 Å². The average molecular weight is 364 g/mol. The van der Waals surface area contributed by atoms with Crippen LogP contribution in [0, 0.1) is 0 Å². The van der Waals surface area contributed by atoms with Crippen molar-refractivity contribution >= 4 is 15.7 Å². The highest BCUT2D eigenvalue weighted by molar-refractivity contribution is 7.93. The third-order valence-corrected chi connectivity index (χ3v) is 7.89. The number of rotatable bonds is 4. The summed E-state index contributed by atoms with van der Waals surface area (Å²) < 4.78 is 27.8. The quantitative estimate of drug-likeness (QED) is 0.863. The zero-order valence-electron chi connectivity index (χ0n) is 14.8. The fourth-order valence-electron chi connectivity index (χ4n) is 4.72. The molecule has 1 unspecified atom stereocenters. The maximum Gasteiger partial charge on any atom is 0.236 e. The van der Waals surface area contributed by atoms with Crippen molar-refractivity contribution in [3.05, 3.63) is 29.8 Å². The van der Waals surface area contributed by atoms with Gasteiger partial charge in [-0.15, -0.1) is 0 Å². The lowest BCUT2D eigenvalue weighted by Gasteiger charge is -2.34. The summed E-state index contributed by atoms with van der Waals surface area (Å²) in [7, 11) is -3.31. The van der Waals surface area contributed by atoms with Crippen molar-refractivity contribution in [2.45, 2.75) is 62.3 Å². The normalized spacial score (nSPS) is 30.8. The van der Waals surface area contributed by atoms with E-state index in [9.17, 15) is 8.42 Å². The Morgan fingerprint density at radius 2 is 1.84 bits per heavy atom. The summed E-state index contributed by atoms with van der Waals surface area (Å²) in [6.07, 6.45) is 8.19. The largest absolute Gasteiger partial charge is 0.315 e. The molecule has 4 rings (SSSR count). The molecule has 3 aliphatic rings. The Balaban J connectivity index is 1.43. The molecule has 1 aromatic rings. The van der Waals surface area contributed by atoms with Gasteiger partial charge in [-0.05, 0) is 69.3 Å². The monoisotopic (exact) mass is 363 g/mol. The standard InChI is InChI=1S/C19H29N3O2S/c23-25(24,18-5-3-12-20-14-18)21-16-8-6-15(7-9-16)19-11-10-17-4-1-2-13-22(17)19/h6-9,17-21H,1-5,10-14H2/t17-,18?,19-/m0/s1. The highest BCUT2D eigenvalue weighted by Gasteiger charge is 2.35. The minimum absolute atomic E-state index is 0.329. The lowest BCUT2D eigenvalue weighted by molar-refractivity contribution is 0.150. The van der Waals surface area contributed by atoms with Crippen LogP contribution in [0.15, 0.2) is 24.3 Å². The minimum Gasteiger partial charge on any atom is -0.315 e. The van der Waals surface area contributed by atoms with Crippen LogP contribution in [0.1, 0.15) is 56.6 Å². The van der Waals surface area contributed by atoms with Crippen LogP contribution >= 0.6 is 0 Å². The summed E-state index contributed by atoms with van der Waals surface area (Å²) in [6.45, 7) is 2.67. The maximum absolute atomic E-state index is 12.5. The first-order valence-corrected chi connectivity index (χ1v) is 11.3. The Kier molecular flexibility index (Phi) is 5.02. The minimum atomic E-state index is -3.31. The Labute approximate surface area is 151 Å². The van der Waals surface area contributed by atoms with Gasteiger partial charge < -0.3 is 5.32 Å². The molecule has 0 amide bonds. The molecule has 2 N–H and O–H groups in total. The number of nitrogens with zero attached hydrogens (tertiary/aromatic N) is 1. The van der Waals surface area contributed by atoms with Gasteiger partial charge in [0.25, 0.3) is 0 Å². The second-order valence-electron chi connectivity index (χ2n) is 7.72. The third-order valence-electron chi connectivity index (χ3n) is 6.09. The number of hydrogen-bond donors (Lipinski definition) is 2.